The highest BCUT2D eigenvalue weighted by Gasteiger charge is 2.31. The summed E-state index contributed by atoms with van der Waals surface area (Å²) in [6, 6.07) is 12.9. The summed E-state index contributed by atoms with van der Waals surface area (Å²) in [6.45, 7) is 3.86. The fourth-order valence-corrected chi connectivity index (χ4v) is 5.85. The molecule has 0 unspecified atom stereocenters. The summed E-state index contributed by atoms with van der Waals surface area (Å²) in [4.78, 5) is 6.71. The molecule has 0 atom stereocenters. The normalized spacial score (nSPS) is 15.7. The summed E-state index contributed by atoms with van der Waals surface area (Å²) in [6.07, 6.45) is 4.85. The highest BCUT2D eigenvalue weighted by molar-refractivity contribution is 7.89. The van der Waals surface area contributed by atoms with Crippen molar-refractivity contribution in [3.63, 3.8) is 0 Å². The second-order valence-corrected chi connectivity index (χ2v) is 10.3. The molecule has 182 valence electrons. The summed E-state index contributed by atoms with van der Waals surface area (Å²) in [5, 5.41) is 1.51. The van der Waals surface area contributed by atoms with Gasteiger partial charge in [-0.25, -0.2) is 12.8 Å². The number of pyridine rings is 1. The number of hydrogen-bond donors (Lipinski definition) is 0. The molecule has 1 aliphatic heterocycles. The van der Waals surface area contributed by atoms with Crippen molar-refractivity contribution in [1.82, 2.24) is 14.2 Å². The number of fused-ring (bicyclic) bond motifs is 1. The molecule has 9 heteroatoms. The molecule has 0 aliphatic carbocycles. The van der Waals surface area contributed by atoms with Crippen LogP contribution in [0.4, 0.5) is 4.39 Å². The van der Waals surface area contributed by atoms with E-state index >= 15 is 0 Å². The van der Waals surface area contributed by atoms with Gasteiger partial charge >= 0.3 is 0 Å². The zero-order valence-electron chi connectivity index (χ0n) is 19.3. The molecule has 34 heavy (non-hydrogen) atoms. The molecule has 2 heterocycles. The predicted molar refractivity (Wildman–Crippen MR) is 129 cm³/mol. The van der Waals surface area contributed by atoms with Crippen molar-refractivity contribution >= 4 is 20.8 Å². The van der Waals surface area contributed by atoms with Crippen LogP contribution >= 0.6 is 0 Å². The maximum atomic E-state index is 13.4. The zero-order chi connectivity index (χ0) is 24.0. The second-order valence-electron chi connectivity index (χ2n) is 8.36. The number of sulfonamides is 1. The largest absolute Gasteiger partial charge is 0.491 e. The van der Waals surface area contributed by atoms with Gasteiger partial charge < -0.3 is 14.4 Å². The Labute approximate surface area is 200 Å². The molecule has 1 aliphatic rings. The Hall–Kier alpha value is -2.59. The van der Waals surface area contributed by atoms with Crippen molar-refractivity contribution in [2.24, 2.45) is 0 Å². The number of aromatic nitrogens is 1. The summed E-state index contributed by atoms with van der Waals surface area (Å²) < 4.78 is 52.3. The van der Waals surface area contributed by atoms with Gasteiger partial charge in [-0.15, -0.1) is 0 Å². The molecule has 1 saturated heterocycles. The molecule has 1 aromatic heterocycles. The number of hydrogen-bond acceptors (Lipinski definition) is 6. The zero-order valence-corrected chi connectivity index (χ0v) is 20.1. The SMILES string of the molecule is CN(C1CCN(CCOCCOc2ccc(F)cc2)CC1)S(=O)(=O)c1cccc2cnccc12. The minimum Gasteiger partial charge on any atom is -0.491 e. The van der Waals surface area contributed by atoms with E-state index in [0.717, 1.165) is 37.9 Å². The number of ether oxygens (including phenoxy) is 2. The third-order valence-electron chi connectivity index (χ3n) is 6.23. The van der Waals surface area contributed by atoms with Crippen LogP contribution in [0, 0.1) is 5.82 Å². The van der Waals surface area contributed by atoms with Gasteiger partial charge in [0, 0.05) is 42.8 Å². The quantitative estimate of drug-likeness (QED) is 0.407. The van der Waals surface area contributed by atoms with Gasteiger partial charge in [-0.3, -0.25) is 4.98 Å². The van der Waals surface area contributed by atoms with E-state index in [9.17, 15) is 12.8 Å². The van der Waals surface area contributed by atoms with Crippen molar-refractivity contribution < 1.29 is 22.3 Å². The van der Waals surface area contributed by atoms with Crippen molar-refractivity contribution in [3.05, 3.63) is 66.7 Å². The highest BCUT2D eigenvalue weighted by Crippen LogP contribution is 2.28. The fourth-order valence-electron chi connectivity index (χ4n) is 4.22. The number of piperidine rings is 1. The van der Waals surface area contributed by atoms with E-state index in [1.54, 1.807) is 49.8 Å². The molecule has 0 spiro atoms. The van der Waals surface area contributed by atoms with Gasteiger partial charge in [0.05, 0.1) is 18.1 Å². The molecule has 1 fully saturated rings. The van der Waals surface area contributed by atoms with Gasteiger partial charge in [-0.2, -0.15) is 4.31 Å². The van der Waals surface area contributed by atoms with Crippen molar-refractivity contribution in [3.8, 4) is 5.75 Å². The Morgan fingerprint density at radius 3 is 2.59 bits per heavy atom. The molecular formula is C25H30FN3O4S. The van der Waals surface area contributed by atoms with E-state index in [4.69, 9.17) is 9.47 Å². The van der Waals surface area contributed by atoms with E-state index in [1.165, 1.54) is 16.4 Å². The van der Waals surface area contributed by atoms with Crippen LogP contribution < -0.4 is 4.74 Å². The van der Waals surface area contributed by atoms with Gasteiger partial charge in [0.15, 0.2) is 0 Å². The van der Waals surface area contributed by atoms with Gasteiger partial charge in [0.1, 0.15) is 18.2 Å². The first-order chi connectivity index (χ1) is 16.4. The van der Waals surface area contributed by atoms with Crippen LogP contribution in [0.1, 0.15) is 12.8 Å². The van der Waals surface area contributed by atoms with Gasteiger partial charge in [0.2, 0.25) is 10.0 Å². The molecule has 4 rings (SSSR count). The first-order valence-corrected chi connectivity index (χ1v) is 12.9. The molecule has 0 bridgehead atoms. The van der Waals surface area contributed by atoms with Crippen LogP contribution in [-0.4, -0.2) is 75.2 Å². The van der Waals surface area contributed by atoms with E-state index in [0.29, 0.717) is 35.9 Å². The van der Waals surface area contributed by atoms with Crippen molar-refractivity contribution in [2.45, 2.75) is 23.8 Å². The van der Waals surface area contributed by atoms with Gasteiger partial charge in [-0.1, -0.05) is 12.1 Å². The molecule has 0 radical (unpaired) electrons. The molecule has 0 N–H and O–H groups in total. The number of halogens is 1. The monoisotopic (exact) mass is 487 g/mol. The van der Waals surface area contributed by atoms with Crippen LogP contribution in [-0.2, 0) is 14.8 Å². The van der Waals surface area contributed by atoms with E-state index < -0.39 is 10.0 Å². The van der Waals surface area contributed by atoms with Gasteiger partial charge in [-0.05, 0) is 62.3 Å². The maximum Gasteiger partial charge on any atom is 0.243 e. The predicted octanol–water partition coefficient (Wildman–Crippen LogP) is 3.55. The average Bonchev–Trinajstić information content (AvgIpc) is 2.86. The minimum absolute atomic E-state index is 0.0385. The lowest BCUT2D eigenvalue weighted by Crippen LogP contribution is -2.46. The second kappa shape index (κ2) is 11.2. The summed E-state index contributed by atoms with van der Waals surface area (Å²) in [5.41, 5.74) is 0. The Bertz CT molecular complexity index is 1180. The number of likely N-dealkylation sites (tertiary alicyclic amines) is 1. The third-order valence-corrected chi connectivity index (χ3v) is 8.20. The maximum absolute atomic E-state index is 13.4. The number of benzene rings is 2. The summed E-state index contributed by atoms with van der Waals surface area (Å²) in [7, 11) is -1.93. The molecular weight excluding hydrogens is 457 g/mol. The lowest BCUT2D eigenvalue weighted by Gasteiger charge is -2.36. The van der Waals surface area contributed by atoms with Crippen LogP contribution in [0.15, 0.2) is 65.8 Å². The third kappa shape index (κ3) is 5.90. The first kappa shape index (κ1) is 24.5. The standard InChI is InChI=1S/C25H30FN3O4S/c1-28(34(30,31)25-4-2-3-20-19-27-12-9-24(20)25)22-10-13-29(14-11-22)15-16-32-17-18-33-23-7-5-21(26)6-8-23/h2-9,12,19,22H,10-11,13-18H2,1H3. The minimum atomic E-state index is -3.61. The highest BCUT2D eigenvalue weighted by atomic mass is 32.2. The lowest BCUT2D eigenvalue weighted by molar-refractivity contribution is 0.0690. The Morgan fingerprint density at radius 2 is 1.82 bits per heavy atom. The first-order valence-electron chi connectivity index (χ1n) is 11.4. The Morgan fingerprint density at radius 1 is 1.06 bits per heavy atom. The van der Waals surface area contributed by atoms with E-state index in [2.05, 4.69) is 9.88 Å². The van der Waals surface area contributed by atoms with Crippen LogP contribution in [0.25, 0.3) is 10.8 Å². The number of rotatable bonds is 10. The van der Waals surface area contributed by atoms with Crippen molar-refractivity contribution in [2.75, 3.05) is 46.5 Å². The van der Waals surface area contributed by atoms with Gasteiger partial charge in [0.25, 0.3) is 0 Å². The van der Waals surface area contributed by atoms with Crippen molar-refractivity contribution in [1.29, 1.82) is 0 Å². The Balaban J connectivity index is 1.20. The van der Waals surface area contributed by atoms with Crippen LogP contribution in [0.2, 0.25) is 0 Å². The molecule has 0 amide bonds. The summed E-state index contributed by atoms with van der Waals surface area (Å²) in [5.74, 6) is 0.327. The smallest absolute Gasteiger partial charge is 0.243 e. The molecule has 2 aromatic carbocycles. The van der Waals surface area contributed by atoms with E-state index in [1.807, 2.05) is 6.07 Å². The van der Waals surface area contributed by atoms with Crippen LogP contribution in [0.5, 0.6) is 5.75 Å². The molecule has 3 aromatic rings. The topological polar surface area (TPSA) is 72.0 Å². The lowest BCUT2D eigenvalue weighted by atomic mass is 10.1. The van der Waals surface area contributed by atoms with Crippen LogP contribution in [0.3, 0.4) is 0 Å². The Kier molecular flexibility index (Phi) is 8.10. The average molecular weight is 488 g/mol. The molecule has 0 saturated carbocycles. The molecule has 7 nitrogen and oxygen atoms in total. The van der Waals surface area contributed by atoms with E-state index in [-0.39, 0.29) is 11.9 Å². The fraction of sp³-hybridized carbons (Fsp3) is 0.400. The summed E-state index contributed by atoms with van der Waals surface area (Å²) >= 11 is 0. The number of nitrogens with zero attached hydrogens (tertiary/aromatic N) is 3.